The summed E-state index contributed by atoms with van der Waals surface area (Å²) in [5, 5.41) is 7.02. The molecule has 0 bridgehead atoms. The highest BCUT2D eigenvalue weighted by Gasteiger charge is 2.29. The molecule has 0 spiro atoms. The maximum Gasteiger partial charge on any atom is 0.276 e. The van der Waals surface area contributed by atoms with Gasteiger partial charge in [0, 0.05) is 10.6 Å². The fourth-order valence-corrected chi connectivity index (χ4v) is 5.02. The Kier molecular flexibility index (Phi) is 7.56. The average Bonchev–Trinajstić information content (AvgIpc) is 3.20. The summed E-state index contributed by atoms with van der Waals surface area (Å²) in [4.78, 5) is 25.0. The van der Waals surface area contributed by atoms with Gasteiger partial charge < -0.3 is 10.1 Å². The molecule has 0 fully saturated rings. The second kappa shape index (κ2) is 10.8. The molecule has 36 heavy (non-hydrogen) atoms. The molecule has 1 aliphatic heterocycles. The molecule has 0 saturated carbocycles. The molecule has 3 aromatic carbocycles. The number of hydrogen-bond donors (Lipinski definition) is 2. The van der Waals surface area contributed by atoms with Crippen LogP contribution in [0.25, 0.3) is 0 Å². The van der Waals surface area contributed by atoms with E-state index in [0.29, 0.717) is 28.6 Å². The smallest absolute Gasteiger partial charge is 0.276 e. The number of anilines is 2. The number of nitrogens with one attached hydrogen (secondary N) is 2. The van der Waals surface area contributed by atoms with Gasteiger partial charge >= 0.3 is 0 Å². The maximum absolute atomic E-state index is 13.5. The van der Waals surface area contributed by atoms with Crippen LogP contribution in [-0.2, 0) is 19.6 Å². The molecule has 1 heterocycles. The molecule has 2 amide bonds. The number of amides is 2. The Hall–Kier alpha value is -3.89. The van der Waals surface area contributed by atoms with Gasteiger partial charge in [0.1, 0.15) is 12.3 Å². The standard InChI is InChI=1S/C25H23ClN4O5S/c1-2-15-35-19-11-13-20(14-12-19)36(33,34)30(18-9-7-17(26)8-10-18)16-23(31)28-29-24-21-5-3-4-6-22(21)27-25(24)32/h3-14H,2,15-16H2,1H3,(H,28,31)(H,27,29,32). The number of nitrogens with zero attached hydrogens (tertiary/aromatic N) is 2. The zero-order valence-corrected chi connectivity index (χ0v) is 20.8. The van der Waals surface area contributed by atoms with Crippen molar-refractivity contribution in [3.63, 3.8) is 0 Å². The van der Waals surface area contributed by atoms with Crippen LogP contribution in [0.5, 0.6) is 5.75 Å². The number of para-hydroxylation sites is 1. The summed E-state index contributed by atoms with van der Waals surface area (Å²) >= 11 is 5.97. The molecule has 0 unspecified atom stereocenters. The lowest BCUT2D eigenvalue weighted by Gasteiger charge is -2.24. The molecular weight excluding hydrogens is 504 g/mol. The van der Waals surface area contributed by atoms with Crippen LogP contribution in [0.15, 0.2) is 82.8 Å². The van der Waals surface area contributed by atoms with Gasteiger partial charge in [-0.05, 0) is 61.0 Å². The Morgan fingerprint density at radius 3 is 2.44 bits per heavy atom. The minimum atomic E-state index is -4.15. The molecule has 0 aliphatic carbocycles. The van der Waals surface area contributed by atoms with Crippen molar-refractivity contribution in [2.75, 3.05) is 22.8 Å². The van der Waals surface area contributed by atoms with Crippen molar-refractivity contribution in [1.29, 1.82) is 0 Å². The fraction of sp³-hybridized carbons (Fsp3) is 0.160. The van der Waals surface area contributed by atoms with Crippen LogP contribution < -0.4 is 19.8 Å². The van der Waals surface area contributed by atoms with Crippen molar-refractivity contribution < 1.29 is 22.7 Å². The third kappa shape index (κ3) is 5.50. The number of carbonyl (C=O) groups excluding carboxylic acids is 2. The van der Waals surface area contributed by atoms with E-state index < -0.39 is 28.4 Å². The van der Waals surface area contributed by atoms with Crippen molar-refractivity contribution >= 4 is 50.5 Å². The maximum atomic E-state index is 13.5. The molecule has 0 atom stereocenters. The summed E-state index contributed by atoms with van der Waals surface area (Å²) in [6.07, 6.45) is 0.816. The van der Waals surface area contributed by atoms with Gasteiger partial charge in [-0.3, -0.25) is 13.9 Å². The highest BCUT2D eigenvalue weighted by Crippen LogP contribution is 2.27. The molecule has 3 aromatic rings. The normalized spacial score (nSPS) is 13.7. The van der Waals surface area contributed by atoms with E-state index in [4.69, 9.17) is 16.3 Å². The van der Waals surface area contributed by atoms with Crippen LogP contribution in [-0.4, -0.2) is 39.1 Å². The summed E-state index contributed by atoms with van der Waals surface area (Å²) in [5.74, 6) is -0.664. The number of rotatable bonds is 9. The first-order valence-corrected chi connectivity index (χ1v) is 12.9. The van der Waals surface area contributed by atoms with Gasteiger partial charge in [-0.1, -0.05) is 36.7 Å². The van der Waals surface area contributed by atoms with E-state index in [1.54, 1.807) is 36.4 Å². The van der Waals surface area contributed by atoms with E-state index >= 15 is 0 Å². The number of hydrazone groups is 1. The number of benzene rings is 3. The van der Waals surface area contributed by atoms with E-state index in [-0.39, 0.29) is 16.3 Å². The molecule has 0 radical (unpaired) electrons. The predicted molar refractivity (Wildman–Crippen MR) is 138 cm³/mol. The Balaban J connectivity index is 1.59. The van der Waals surface area contributed by atoms with Gasteiger partial charge in [-0.15, -0.1) is 0 Å². The van der Waals surface area contributed by atoms with E-state index in [2.05, 4.69) is 15.8 Å². The Bertz CT molecular complexity index is 1410. The van der Waals surface area contributed by atoms with Crippen LogP contribution >= 0.6 is 11.6 Å². The molecule has 1 aliphatic rings. The first-order chi connectivity index (χ1) is 17.3. The highest BCUT2D eigenvalue weighted by molar-refractivity contribution is 7.92. The lowest BCUT2D eigenvalue weighted by atomic mass is 10.1. The van der Waals surface area contributed by atoms with Crippen molar-refractivity contribution in [3.05, 3.63) is 83.4 Å². The summed E-state index contributed by atoms with van der Waals surface area (Å²) in [6.45, 7) is 1.89. The van der Waals surface area contributed by atoms with Gasteiger partial charge in [-0.2, -0.15) is 5.10 Å². The summed E-state index contributed by atoms with van der Waals surface area (Å²) in [5.41, 5.74) is 3.68. The van der Waals surface area contributed by atoms with Gasteiger partial charge in [0.15, 0.2) is 5.71 Å². The number of halogens is 1. The van der Waals surface area contributed by atoms with Gasteiger partial charge in [-0.25, -0.2) is 13.8 Å². The lowest BCUT2D eigenvalue weighted by molar-refractivity contribution is -0.119. The topological polar surface area (TPSA) is 117 Å². The van der Waals surface area contributed by atoms with E-state index in [0.717, 1.165) is 10.7 Å². The zero-order chi connectivity index (χ0) is 25.7. The number of hydrogen-bond acceptors (Lipinski definition) is 6. The zero-order valence-electron chi connectivity index (χ0n) is 19.3. The summed E-state index contributed by atoms with van der Waals surface area (Å²) in [6, 6.07) is 18.9. The fourth-order valence-electron chi connectivity index (χ4n) is 3.47. The SMILES string of the molecule is CCCOc1ccc(S(=O)(=O)N(CC(=O)NN=C2C(=O)Nc3ccccc32)c2ccc(Cl)cc2)cc1. The largest absolute Gasteiger partial charge is 0.494 e. The Morgan fingerprint density at radius 1 is 1.06 bits per heavy atom. The van der Waals surface area contributed by atoms with E-state index in [9.17, 15) is 18.0 Å². The predicted octanol–water partition coefficient (Wildman–Crippen LogP) is 3.80. The minimum Gasteiger partial charge on any atom is -0.494 e. The number of fused-ring (bicyclic) bond motifs is 1. The van der Waals surface area contributed by atoms with Crippen molar-refractivity contribution in [3.8, 4) is 5.75 Å². The third-order valence-corrected chi connectivity index (χ3v) is 7.26. The van der Waals surface area contributed by atoms with Crippen LogP contribution in [0.3, 0.4) is 0 Å². The third-order valence-electron chi connectivity index (χ3n) is 5.22. The van der Waals surface area contributed by atoms with Crippen LogP contribution in [0.1, 0.15) is 18.9 Å². The molecule has 9 nitrogen and oxygen atoms in total. The van der Waals surface area contributed by atoms with Gasteiger partial charge in [0.25, 0.3) is 21.8 Å². The summed E-state index contributed by atoms with van der Waals surface area (Å²) in [7, 11) is -4.15. The van der Waals surface area contributed by atoms with E-state index in [1.807, 2.05) is 6.92 Å². The van der Waals surface area contributed by atoms with Gasteiger partial charge in [0.2, 0.25) is 0 Å². The van der Waals surface area contributed by atoms with Crippen LogP contribution in [0.4, 0.5) is 11.4 Å². The van der Waals surface area contributed by atoms with Crippen molar-refractivity contribution in [2.24, 2.45) is 5.10 Å². The molecule has 0 aromatic heterocycles. The number of ether oxygens (including phenoxy) is 1. The molecule has 0 saturated heterocycles. The second-order valence-corrected chi connectivity index (χ2v) is 10.1. The second-order valence-electron chi connectivity index (χ2n) is 7.80. The van der Waals surface area contributed by atoms with Crippen molar-refractivity contribution in [2.45, 2.75) is 18.2 Å². The lowest BCUT2D eigenvalue weighted by Crippen LogP contribution is -2.40. The molecule has 186 valence electrons. The first-order valence-electron chi connectivity index (χ1n) is 11.1. The number of carbonyl (C=O) groups is 2. The molecular formula is C25H23ClN4O5S. The average molecular weight is 527 g/mol. The first kappa shape index (κ1) is 25.2. The van der Waals surface area contributed by atoms with Gasteiger partial charge in [0.05, 0.1) is 22.9 Å². The van der Waals surface area contributed by atoms with Crippen LogP contribution in [0.2, 0.25) is 5.02 Å². The molecule has 2 N–H and O–H groups in total. The quantitative estimate of drug-likeness (QED) is 0.411. The van der Waals surface area contributed by atoms with E-state index in [1.165, 1.54) is 36.4 Å². The minimum absolute atomic E-state index is 0.0236. The molecule has 4 rings (SSSR count). The van der Waals surface area contributed by atoms with Crippen molar-refractivity contribution in [1.82, 2.24) is 5.43 Å². The highest BCUT2D eigenvalue weighted by atomic mass is 35.5. The Labute approximate surface area is 213 Å². The summed E-state index contributed by atoms with van der Waals surface area (Å²) < 4.78 is 33.5. The van der Waals surface area contributed by atoms with Crippen LogP contribution in [0, 0.1) is 0 Å². The monoisotopic (exact) mass is 526 g/mol. The Morgan fingerprint density at radius 2 is 1.75 bits per heavy atom. The molecule has 11 heteroatoms. The number of sulfonamides is 1.